The normalized spacial score (nSPS) is 10.6. The Hall–Kier alpha value is -2.71. The summed E-state index contributed by atoms with van der Waals surface area (Å²) in [5, 5.41) is 13.7. The molecule has 2 N–H and O–H groups in total. The van der Waals surface area contributed by atoms with E-state index in [1.807, 2.05) is 0 Å². The van der Waals surface area contributed by atoms with E-state index in [0.717, 1.165) is 0 Å². The molecule has 8 nitrogen and oxygen atoms in total. The van der Waals surface area contributed by atoms with E-state index in [9.17, 15) is 4.79 Å². The Morgan fingerprint density at radius 2 is 1.84 bits per heavy atom. The number of amides is 2. The van der Waals surface area contributed by atoms with Gasteiger partial charge in [-0.05, 0) is 18.2 Å². The molecule has 3 rings (SSSR count). The molecule has 0 aliphatic rings. The molecule has 3 aromatic rings. The molecule has 0 aliphatic carbocycles. The zero-order valence-electron chi connectivity index (χ0n) is 13.2. The van der Waals surface area contributed by atoms with Crippen LogP contribution in [-0.4, -0.2) is 34.8 Å². The van der Waals surface area contributed by atoms with Crippen LogP contribution in [0.25, 0.3) is 5.65 Å². The van der Waals surface area contributed by atoms with Gasteiger partial charge in [-0.25, -0.2) is 4.79 Å². The summed E-state index contributed by atoms with van der Waals surface area (Å²) in [4.78, 5) is 12.3. The van der Waals surface area contributed by atoms with Gasteiger partial charge in [0.2, 0.25) is 5.95 Å². The number of hydrogen-bond donors (Lipinski definition) is 2. The van der Waals surface area contributed by atoms with Gasteiger partial charge in [-0.1, -0.05) is 29.3 Å². The van der Waals surface area contributed by atoms with Crippen molar-refractivity contribution in [2.45, 2.75) is 0 Å². The second-order valence-corrected chi connectivity index (χ2v) is 5.63. The number of ether oxygens (including phenoxy) is 2. The standard InChI is InChI=1S/C15H13Cl2N5O3/c1-24-10-7-11(25-2)9(6-8(10)16)18-15(23)19-14-21-20-13-5-3-4-12(17)22(13)14/h3-7H,1-2H3,(H2,18,19,21,23). The smallest absolute Gasteiger partial charge is 0.326 e. The van der Waals surface area contributed by atoms with Crippen LogP contribution in [0.4, 0.5) is 16.4 Å². The van der Waals surface area contributed by atoms with Gasteiger partial charge in [-0.3, -0.25) is 9.72 Å². The van der Waals surface area contributed by atoms with Crippen molar-refractivity contribution in [1.82, 2.24) is 14.6 Å². The third kappa shape index (κ3) is 3.40. The summed E-state index contributed by atoms with van der Waals surface area (Å²) in [6.07, 6.45) is 0. The summed E-state index contributed by atoms with van der Waals surface area (Å²) in [5.74, 6) is 0.997. The number of nitrogens with one attached hydrogen (secondary N) is 2. The highest BCUT2D eigenvalue weighted by atomic mass is 35.5. The predicted molar refractivity (Wildman–Crippen MR) is 95.2 cm³/mol. The number of benzene rings is 1. The largest absolute Gasteiger partial charge is 0.495 e. The molecule has 2 aromatic heterocycles. The van der Waals surface area contributed by atoms with E-state index in [-0.39, 0.29) is 5.95 Å². The maximum atomic E-state index is 12.3. The maximum absolute atomic E-state index is 12.3. The molecular weight excluding hydrogens is 369 g/mol. The number of anilines is 2. The van der Waals surface area contributed by atoms with Crippen molar-refractivity contribution in [2.75, 3.05) is 24.9 Å². The van der Waals surface area contributed by atoms with Crippen molar-refractivity contribution in [3.8, 4) is 11.5 Å². The number of nitrogens with zero attached hydrogens (tertiary/aromatic N) is 3. The number of carbonyl (C=O) groups excluding carboxylic acids is 1. The summed E-state index contributed by atoms with van der Waals surface area (Å²) in [5.41, 5.74) is 0.874. The quantitative estimate of drug-likeness (QED) is 0.672. The monoisotopic (exact) mass is 381 g/mol. The highest BCUT2D eigenvalue weighted by molar-refractivity contribution is 6.32. The average Bonchev–Trinajstić information content (AvgIpc) is 2.99. The van der Waals surface area contributed by atoms with Crippen molar-refractivity contribution < 1.29 is 14.3 Å². The highest BCUT2D eigenvalue weighted by Crippen LogP contribution is 2.35. The summed E-state index contributed by atoms with van der Waals surface area (Å²) in [7, 11) is 2.96. The summed E-state index contributed by atoms with van der Waals surface area (Å²) >= 11 is 12.2. The first-order valence-electron chi connectivity index (χ1n) is 7.02. The Morgan fingerprint density at radius 1 is 1.08 bits per heavy atom. The minimum atomic E-state index is -0.561. The van der Waals surface area contributed by atoms with Crippen LogP contribution in [0.2, 0.25) is 10.2 Å². The van der Waals surface area contributed by atoms with Gasteiger partial charge in [0.25, 0.3) is 0 Å². The fourth-order valence-electron chi connectivity index (χ4n) is 2.20. The van der Waals surface area contributed by atoms with Crippen molar-refractivity contribution in [1.29, 1.82) is 0 Å². The van der Waals surface area contributed by atoms with Crippen molar-refractivity contribution in [3.05, 3.63) is 40.5 Å². The number of carbonyl (C=O) groups is 1. The van der Waals surface area contributed by atoms with Crippen LogP contribution >= 0.6 is 23.2 Å². The van der Waals surface area contributed by atoms with Crippen molar-refractivity contribution >= 4 is 46.5 Å². The van der Waals surface area contributed by atoms with E-state index < -0.39 is 6.03 Å². The Balaban J connectivity index is 1.84. The highest BCUT2D eigenvalue weighted by Gasteiger charge is 2.15. The van der Waals surface area contributed by atoms with Gasteiger partial charge in [-0.2, -0.15) is 0 Å². The zero-order valence-corrected chi connectivity index (χ0v) is 14.7. The molecule has 0 saturated carbocycles. The second-order valence-electron chi connectivity index (χ2n) is 4.83. The lowest BCUT2D eigenvalue weighted by molar-refractivity contribution is 0.262. The van der Waals surface area contributed by atoms with Crippen LogP contribution < -0.4 is 20.1 Å². The van der Waals surface area contributed by atoms with Crippen molar-refractivity contribution in [2.24, 2.45) is 0 Å². The molecule has 0 atom stereocenters. The number of fused-ring (bicyclic) bond motifs is 1. The lowest BCUT2D eigenvalue weighted by Crippen LogP contribution is -2.21. The zero-order chi connectivity index (χ0) is 18.0. The Kier molecular flexibility index (Phi) is 4.82. The molecule has 1 aromatic carbocycles. The van der Waals surface area contributed by atoms with Crippen LogP contribution in [0.1, 0.15) is 0 Å². The number of rotatable bonds is 4. The number of hydrogen-bond acceptors (Lipinski definition) is 5. The van der Waals surface area contributed by atoms with E-state index >= 15 is 0 Å². The summed E-state index contributed by atoms with van der Waals surface area (Å²) in [6, 6.07) is 7.64. The third-order valence-corrected chi connectivity index (χ3v) is 3.92. The molecule has 0 spiro atoms. The molecule has 0 aliphatic heterocycles. The third-order valence-electron chi connectivity index (χ3n) is 3.33. The van der Waals surface area contributed by atoms with Crippen LogP contribution in [0.3, 0.4) is 0 Å². The van der Waals surface area contributed by atoms with E-state index in [1.165, 1.54) is 24.7 Å². The average molecular weight is 382 g/mol. The maximum Gasteiger partial charge on any atom is 0.326 e. The number of pyridine rings is 1. The molecule has 2 heterocycles. The Bertz CT molecular complexity index is 944. The fourth-order valence-corrected chi connectivity index (χ4v) is 2.68. The molecule has 2 amide bonds. The SMILES string of the molecule is COc1cc(OC)c(NC(=O)Nc2nnc3cccc(Cl)n23)cc1Cl. The molecule has 130 valence electrons. The topological polar surface area (TPSA) is 89.8 Å². The van der Waals surface area contributed by atoms with Gasteiger partial charge < -0.3 is 14.8 Å². The number of methoxy groups -OCH3 is 2. The lowest BCUT2D eigenvalue weighted by Gasteiger charge is -2.13. The van der Waals surface area contributed by atoms with Gasteiger partial charge in [0, 0.05) is 6.07 Å². The van der Waals surface area contributed by atoms with Gasteiger partial charge in [-0.15, -0.1) is 10.2 Å². The first-order chi connectivity index (χ1) is 12.0. The first kappa shape index (κ1) is 17.1. The van der Waals surface area contributed by atoms with Gasteiger partial charge >= 0.3 is 6.03 Å². The number of urea groups is 1. The number of halogens is 2. The summed E-state index contributed by atoms with van der Waals surface area (Å²) in [6.45, 7) is 0. The second kappa shape index (κ2) is 7.04. The van der Waals surface area contributed by atoms with E-state index in [0.29, 0.717) is 33.0 Å². The van der Waals surface area contributed by atoms with Gasteiger partial charge in [0.15, 0.2) is 5.65 Å². The van der Waals surface area contributed by atoms with Crippen LogP contribution in [0.15, 0.2) is 30.3 Å². The molecular formula is C15H13Cl2N5O3. The van der Waals surface area contributed by atoms with E-state index in [2.05, 4.69) is 20.8 Å². The summed E-state index contributed by atoms with van der Waals surface area (Å²) < 4.78 is 11.8. The van der Waals surface area contributed by atoms with Gasteiger partial charge in [0.05, 0.1) is 24.9 Å². The molecule has 0 radical (unpaired) electrons. The number of aromatic nitrogens is 3. The molecule has 0 bridgehead atoms. The molecule has 0 unspecified atom stereocenters. The minimum absolute atomic E-state index is 0.177. The van der Waals surface area contributed by atoms with E-state index in [1.54, 1.807) is 24.3 Å². The molecule has 0 fully saturated rings. The van der Waals surface area contributed by atoms with Crippen LogP contribution in [-0.2, 0) is 0 Å². The molecule has 25 heavy (non-hydrogen) atoms. The first-order valence-corrected chi connectivity index (χ1v) is 7.78. The molecule has 10 heteroatoms. The van der Waals surface area contributed by atoms with E-state index in [4.69, 9.17) is 32.7 Å². The predicted octanol–water partition coefficient (Wildman–Crippen LogP) is 3.70. The lowest BCUT2D eigenvalue weighted by atomic mass is 10.2. The minimum Gasteiger partial charge on any atom is -0.495 e. The van der Waals surface area contributed by atoms with Crippen LogP contribution in [0, 0.1) is 0 Å². The Labute approximate surface area is 152 Å². The Morgan fingerprint density at radius 3 is 2.56 bits per heavy atom. The molecule has 0 saturated heterocycles. The van der Waals surface area contributed by atoms with Crippen molar-refractivity contribution in [3.63, 3.8) is 0 Å². The fraction of sp³-hybridized carbons (Fsp3) is 0.133. The van der Waals surface area contributed by atoms with Gasteiger partial charge in [0.1, 0.15) is 16.7 Å². The van der Waals surface area contributed by atoms with Crippen LogP contribution in [0.5, 0.6) is 11.5 Å².